The molecule has 0 aromatic carbocycles. The summed E-state index contributed by atoms with van der Waals surface area (Å²) >= 11 is 0. The molecule has 8 nitrogen and oxygen atoms in total. The first-order valence-corrected chi connectivity index (χ1v) is 9.29. The van der Waals surface area contributed by atoms with Crippen LogP contribution in [0.1, 0.15) is 35.9 Å². The summed E-state index contributed by atoms with van der Waals surface area (Å²) in [7, 11) is 1.36. The maximum Gasteiger partial charge on any atom is 0.417 e. The van der Waals surface area contributed by atoms with E-state index in [-0.39, 0.29) is 22.8 Å². The molecule has 1 aliphatic rings. The third-order valence-corrected chi connectivity index (χ3v) is 5.54. The Morgan fingerprint density at radius 3 is 2.58 bits per heavy atom. The number of rotatable bonds is 5. The maximum absolute atomic E-state index is 13.9. The van der Waals surface area contributed by atoms with Crippen molar-refractivity contribution in [3.05, 3.63) is 48.0 Å². The second kappa shape index (κ2) is 8.14. The van der Waals surface area contributed by atoms with Gasteiger partial charge < -0.3 is 20.5 Å². The summed E-state index contributed by atoms with van der Waals surface area (Å²) < 4.78 is 52.3. The molecular formula is C20H21F3N4O4. The molecule has 1 aliphatic heterocycles. The Kier molecular flexibility index (Phi) is 5.90. The van der Waals surface area contributed by atoms with Crippen molar-refractivity contribution in [2.75, 3.05) is 12.4 Å². The normalized spacial score (nSPS) is 25.8. The summed E-state index contributed by atoms with van der Waals surface area (Å²) in [6.07, 6.45) is -3.62. The minimum Gasteiger partial charge on any atom is -0.495 e. The van der Waals surface area contributed by atoms with E-state index in [2.05, 4.69) is 15.3 Å². The van der Waals surface area contributed by atoms with Crippen LogP contribution in [-0.4, -0.2) is 46.8 Å². The number of anilines is 1. The number of hydrogen-bond donors (Lipinski definition) is 2. The minimum absolute atomic E-state index is 0.110. The highest BCUT2D eigenvalue weighted by atomic mass is 19.4. The zero-order valence-electron chi connectivity index (χ0n) is 16.9. The molecule has 0 spiro atoms. The summed E-state index contributed by atoms with van der Waals surface area (Å²) in [5.41, 5.74) is 2.79. The predicted octanol–water partition coefficient (Wildman–Crippen LogP) is 2.66. The average Bonchev–Trinajstić information content (AvgIpc) is 3.00. The van der Waals surface area contributed by atoms with Crippen molar-refractivity contribution in [1.29, 1.82) is 0 Å². The first-order chi connectivity index (χ1) is 14.5. The van der Waals surface area contributed by atoms with Crippen molar-refractivity contribution < 1.29 is 32.2 Å². The van der Waals surface area contributed by atoms with E-state index in [1.807, 2.05) is 0 Å². The first kappa shape index (κ1) is 22.5. The molecular weight excluding hydrogens is 417 g/mol. The number of amides is 2. The molecule has 3 heterocycles. The number of aromatic nitrogens is 2. The van der Waals surface area contributed by atoms with Crippen molar-refractivity contribution in [2.45, 2.75) is 37.6 Å². The number of nitrogens with one attached hydrogen (secondary N) is 1. The molecule has 31 heavy (non-hydrogen) atoms. The number of pyridine rings is 2. The molecule has 0 bridgehead atoms. The van der Waals surface area contributed by atoms with E-state index in [0.717, 1.165) is 6.92 Å². The molecule has 0 saturated carbocycles. The second-order valence-corrected chi connectivity index (χ2v) is 7.33. The van der Waals surface area contributed by atoms with Crippen molar-refractivity contribution >= 4 is 17.5 Å². The number of nitrogens with two attached hydrogens (primary N) is 1. The topological polar surface area (TPSA) is 116 Å². The molecule has 4 atom stereocenters. The van der Waals surface area contributed by atoms with Gasteiger partial charge in [0.05, 0.1) is 12.8 Å². The zero-order valence-corrected chi connectivity index (χ0v) is 16.9. The Bertz CT molecular complexity index is 1000. The van der Waals surface area contributed by atoms with Crippen LogP contribution in [0.25, 0.3) is 0 Å². The fourth-order valence-electron chi connectivity index (χ4n) is 3.65. The van der Waals surface area contributed by atoms with Crippen molar-refractivity contribution in [3.63, 3.8) is 0 Å². The number of halogens is 3. The lowest BCUT2D eigenvalue weighted by atomic mass is 9.78. The molecule has 3 rings (SSSR count). The van der Waals surface area contributed by atoms with Crippen LogP contribution in [0.2, 0.25) is 0 Å². The van der Waals surface area contributed by atoms with Gasteiger partial charge in [-0.15, -0.1) is 0 Å². The number of ether oxygens (including phenoxy) is 2. The second-order valence-electron chi connectivity index (χ2n) is 7.33. The van der Waals surface area contributed by atoms with Gasteiger partial charge in [0.25, 0.3) is 11.8 Å². The van der Waals surface area contributed by atoms with Gasteiger partial charge in [-0.25, -0.2) is 0 Å². The SMILES string of the molecule is COc1cccnc1[C@@H]1[C@@H](C(=O)Nc2ccnc(C(N)=O)c2)O[C@@](C)(C(F)(F)F)[C@H]1C. The molecule has 1 fully saturated rings. The summed E-state index contributed by atoms with van der Waals surface area (Å²) in [6, 6.07) is 5.72. The highest BCUT2D eigenvalue weighted by Gasteiger charge is 2.66. The number of alkyl halides is 3. The fraction of sp³-hybridized carbons (Fsp3) is 0.400. The monoisotopic (exact) mass is 438 g/mol. The molecule has 11 heteroatoms. The molecule has 2 amide bonds. The van der Waals surface area contributed by atoms with Crippen LogP contribution in [0.15, 0.2) is 36.7 Å². The summed E-state index contributed by atoms with van der Waals surface area (Å²) in [5, 5.41) is 2.48. The summed E-state index contributed by atoms with van der Waals surface area (Å²) in [6.45, 7) is 2.27. The van der Waals surface area contributed by atoms with Gasteiger partial charge in [-0.1, -0.05) is 6.92 Å². The Morgan fingerprint density at radius 1 is 1.26 bits per heavy atom. The van der Waals surface area contributed by atoms with Crippen LogP contribution in [0, 0.1) is 5.92 Å². The average molecular weight is 438 g/mol. The molecule has 2 aromatic rings. The van der Waals surface area contributed by atoms with Crippen LogP contribution in [0.5, 0.6) is 5.75 Å². The van der Waals surface area contributed by atoms with Gasteiger partial charge in [-0.2, -0.15) is 13.2 Å². The van der Waals surface area contributed by atoms with Crippen molar-refractivity contribution in [3.8, 4) is 5.75 Å². The zero-order chi connectivity index (χ0) is 23.0. The van der Waals surface area contributed by atoms with Crippen molar-refractivity contribution in [2.24, 2.45) is 11.7 Å². The van der Waals surface area contributed by atoms with E-state index < -0.39 is 41.5 Å². The van der Waals surface area contributed by atoms with Gasteiger partial charge in [-0.3, -0.25) is 19.6 Å². The van der Waals surface area contributed by atoms with Gasteiger partial charge in [0, 0.05) is 29.9 Å². The Hall–Kier alpha value is -3.21. The molecule has 1 saturated heterocycles. The van der Waals surface area contributed by atoms with Gasteiger partial charge in [0.1, 0.15) is 17.5 Å². The molecule has 0 unspecified atom stereocenters. The molecule has 166 valence electrons. The van der Waals surface area contributed by atoms with Crippen LogP contribution in [-0.2, 0) is 9.53 Å². The summed E-state index contributed by atoms with van der Waals surface area (Å²) in [5.74, 6) is -3.63. The van der Waals surface area contributed by atoms with Crippen molar-refractivity contribution in [1.82, 2.24) is 9.97 Å². The lowest BCUT2D eigenvalue weighted by molar-refractivity contribution is -0.272. The van der Waals surface area contributed by atoms with E-state index in [1.54, 1.807) is 12.1 Å². The van der Waals surface area contributed by atoms with Crippen LogP contribution in [0.3, 0.4) is 0 Å². The molecule has 2 aromatic heterocycles. The van der Waals surface area contributed by atoms with E-state index in [0.29, 0.717) is 0 Å². The molecule has 0 radical (unpaired) electrons. The number of methoxy groups -OCH3 is 1. The number of primary amides is 1. The molecule has 3 N–H and O–H groups in total. The number of hydrogen-bond acceptors (Lipinski definition) is 6. The maximum atomic E-state index is 13.9. The first-order valence-electron chi connectivity index (χ1n) is 9.29. The highest BCUT2D eigenvalue weighted by molar-refractivity contribution is 5.97. The number of carbonyl (C=O) groups is 2. The van der Waals surface area contributed by atoms with Gasteiger partial charge in [0.2, 0.25) is 0 Å². The van der Waals surface area contributed by atoms with E-state index in [1.165, 1.54) is 38.6 Å². The number of nitrogens with zero attached hydrogens (tertiary/aromatic N) is 2. The smallest absolute Gasteiger partial charge is 0.417 e. The number of carbonyl (C=O) groups excluding carboxylic acids is 2. The van der Waals surface area contributed by atoms with E-state index in [4.69, 9.17) is 15.2 Å². The predicted molar refractivity (Wildman–Crippen MR) is 103 cm³/mol. The largest absolute Gasteiger partial charge is 0.495 e. The Labute approximate surface area is 176 Å². The Morgan fingerprint density at radius 2 is 1.97 bits per heavy atom. The van der Waals surface area contributed by atoms with Gasteiger partial charge in [-0.05, 0) is 31.2 Å². The third-order valence-electron chi connectivity index (χ3n) is 5.54. The van der Waals surface area contributed by atoms with E-state index in [9.17, 15) is 22.8 Å². The lowest BCUT2D eigenvalue weighted by Gasteiger charge is -2.31. The standard InChI is InChI=1S/C20H21F3N4O4/c1-10-14(15-13(30-3)5-4-7-26-15)16(31-19(10,2)20(21,22)23)18(29)27-11-6-8-25-12(9-11)17(24)28/h4-10,14,16H,1-3H3,(H2,24,28)(H,25,27,29)/t10-,14+,16-,19+/m0/s1. The van der Waals surface area contributed by atoms with Crippen LogP contribution in [0.4, 0.5) is 18.9 Å². The van der Waals surface area contributed by atoms with Gasteiger partial charge in [0.15, 0.2) is 5.60 Å². The lowest BCUT2D eigenvalue weighted by Crippen LogP contribution is -2.47. The fourth-order valence-corrected chi connectivity index (χ4v) is 3.65. The molecule has 0 aliphatic carbocycles. The Balaban J connectivity index is 2.01. The van der Waals surface area contributed by atoms with E-state index >= 15 is 0 Å². The third kappa shape index (κ3) is 4.05. The minimum atomic E-state index is -4.74. The summed E-state index contributed by atoms with van der Waals surface area (Å²) in [4.78, 5) is 32.3. The quantitative estimate of drug-likeness (QED) is 0.742. The van der Waals surface area contributed by atoms with Crippen LogP contribution < -0.4 is 15.8 Å². The van der Waals surface area contributed by atoms with Crippen LogP contribution >= 0.6 is 0 Å². The van der Waals surface area contributed by atoms with Gasteiger partial charge >= 0.3 is 6.18 Å². The highest BCUT2D eigenvalue weighted by Crippen LogP contribution is 2.54.